The molecule has 0 saturated carbocycles. The number of Topliss-reactive ketones (excluding diaryl/α,β-unsaturated/α-hetero) is 4. The number of aromatic hydroxyl groups is 1. The number of carbonyl (C=O) groups excluding carboxylic acids is 8. The number of carbonyl (C=O) groups is 8. The molecular formula is C78H116N4O25. The maximum Gasteiger partial charge on any atom is 0.407 e. The van der Waals surface area contributed by atoms with Crippen molar-refractivity contribution in [2.75, 3.05) is 41.4 Å². The van der Waals surface area contributed by atoms with Crippen molar-refractivity contribution in [1.82, 2.24) is 20.4 Å². The molecule has 29 nitrogen and oxygen atoms in total. The van der Waals surface area contributed by atoms with E-state index in [1.807, 2.05) is 25.9 Å². The Morgan fingerprint density at radius 1 is 0.804 bits per heavy atom. The highest BCUT2D eigenvalue weighted by molar-refractivity contribution is 6.32. The van der Waals surface area contributed by atoms with Crippen LogP contribution in [0.1, 0.15) is 192 Å². The van der Waals surface area contributed by atoms with Gasteiger partial charge < -0.3 is 103 Å². The lowest BCUT2D eigenvalue weighted by molar-refractivity contribution is -0.308. The molecule has 2 amide bonds. The molecule has 8 aliphatic rings. The number of hydrogen-bond acceptors (Lipinski definition) is 27. The van der Waals surface area contributed by atoms with E-state index in [1.54, 1.807) is 81.4 Å². The smallest absolute Gasteiger partial charge is 0.407 e. The number of benzene rings is 1. The number of ether oxygens (including phenoxy) is 11. The fourth-order valence-electron chi connectivity index (χ4n) is 16.3. The summed E-state index contributed by atoms with van der Waals surface area (Å²) in [6.45, 7) is 26.7. The standard InChI is InChI=1S/C78H116N4O25/c1-22-51-77(16,96)68(91)45(11)60(85)39(5)33-75(14,97-20)52(105-73-63(88)49(81(18)19)31-40(6)100-73)32-50(41(7)72(94)104-51)103-53-34-76(15,98-21)70(46(12)101-53)106-74(95)79-48-28-29-82(35-48)58-57-64(89)55-54(65(58)90)56-67(44(10)62(55)87)107-78(17,69(56)92)99-30-24-27-37(3)66(102-47(13)83)43(9)61(86)42(8)59(84)36(2)25-23-26-38(4)71(93)80-57/h23-26,30,36-37,39-43,45-46,48-53,59,61,63,66,68,70,73,84,86-88,91,96H,22,27-29,31-35H2,1-21H3,(H,79,95)(H,80,93)/b25-23+,30-24+,38-26-/t36-,37+,39+,40+,41+,42+,43+,45-,46-,48+,49-,50-,51+,52+,53-,59-,61+,63+,66+,68+,70-,73-,75+,76+,77+,78-/m0/s1. The van der Waals surface area contributed by atoms with Crippen molar-refractivity contribution in [3.63, 3.8) is 0 Å². The van der Waals surface area contributed by atoms with Crippen LogP contribution in [0.5, 0.6) is 11.5 Å². The van der Waals surface area contributed by atoms with Gasteiger partial charge in [-0.2, -0.15) is 0 Å². The summed E-state index contributed by atoms with van der Waals surface area (Å²) in [7, 11) is 6.52. The van der Waals surface area contributed by atoms with Gasteiger partial charge in [0, 0.05) is 101 Å². The average Bonchev–Trinajstić information content (AvgIpc) is 1.60. The van der Waals surface area contributed by atoms with Crippen LogP contribution in [0.4, 0.5) is 4.79 Å². The lowest BCUT2D eigenvalue weighted by Crippen LogP contribution is -2.60. The van der Waals surface area contributed by atoms with Gasteiger partial charge in [0.25, 0.3) is 11.7 Å². The first-order valence-corrected chi connectivity index (χ1v) is 37.3. The van der Waals surface area contributed by atoms with Crippen LogP contribution in [-0.2, 0) is 66.5 Å². The van der Waals surface area contributed by atoms with Gasteiger partial charge in [-0.15, -0.1) is 0 Å². The van der Waals surface area contributed by atoms with Crippen molar-refractivity contribution in [2.24, 2.45) is 41.4 Å². The van der Waals surface area contributed by atoms with Crippen LogP contribution in [0.25, 0.3) is 0 Å². The van der Waals surface area contributed by atoms with E-state index < -0.39 is 219 Å². The molecule has 5 bridgehead atoms. The number of phenols is 1. The number of cyclic esters (lactones) is 1. The van der Waals surface area contributed by atoms with Crippen LogP contribution < -0.4 is 15.4 Å². The van der Waals surface area contributed by atoms with Gasteiger partial charge in [0.2, 0.25) is 11.6 Å². The summed E-state index contributed by atoms with van der Waals surface area (Å²) in [5.74, 6) is -14.3. The molecule has 9 rings (SSSR count). The minimum atomic E-state index is -2.17. The SMILES string of the molecule is CC[C@H]1OC(=O)[C@H](C)[C@@H](O[C@H]2C[C@@](C)(OC)[C@@H](OC(=O)N[C@@H]3CCN(C4=C5NC(=O)/C(C)=C\C=C\[C@H](C)[C@H](O)[C@@H](C)[C@@H](O)[C@@H](C)[C@H](OC(C)=O)[C@H](C)C/C=C/O[C@@]6(C)Oc7c(C)c(O)c(c(c7C6=O)C4=O)C5=O)C3)[C@H](C)O2)C[C@@H](O[C@@H]2O[C@H](C)C[C@H](N(C)C)[C@H]2O)[C@](C)(OC)C[C@@H](C)C(=O)[C@H](C)[C@@H](O)[C@]1(C)O. The average molecular weight is 1510 g/mol. The summed E-state index contributed by atoms with van der Waals surface area (Å²) < 4.78 is 69.4. The summed E-state index contributed by atoms with van der Waals surface area (Å²) in [6, 6.07) is -1.22. The summed E-state index contributed by atoms with van der Waals surface area (Å²) in [6.07, 6.45) is -7.74. The minimum Gasteiger partial charge on any atom is -0.507 e. The number of ketones is 4. The highest BCUT2D eigenvalue weighted by atomic mass is 16.7. The lowest BCUT2D eigenvalue weighted by atomic mass is 9.76. The summed E-state index contributed by atoms with van der Waals surface area (Å²) in [5.41, 5.74) is -7.33. The zero-order valence-corrected chi connectivity index (χ0v) is 65.8. The second-order valence-corrected chi connectivity index (χ2v) is 31.8. The van der Waals surface area contributed by atoms with Crippen molar-refractivity contribution in [1.29, 1.82) is 0 Å². The number of likely N-dealkylation sites (N-methyl/N-ethyl adjacent to an activating group) is 1. The van der Waals surface area contributed by atoms with E-state index in [0.717, 1.165) is 0 Å². The molecule has 0 unspecified atom stereocenters. The van der Waals surface area contributed by atoms with Crippen molar-refractivity contribution in [2.45, 2.75) is 277 Å². The molecule has 1 aliphatic carbocycles. The molecule has 29 heteroatoms. The Kier molecular flexibility index (Phi) is 27.5. The largest absolute Gasteiger partial charge is 0.507 e. The summed E-state index contributed by atoms with van der Waals surface area (Å²) in [5, 5.41) is 76.2. The van der Waals surface area contributed by atoms with Crippen LogP contribution in [0, 0.1) is 48.3 Å². The molecule has 26 atom stereocenters. The molecule has 598 valence electrons. The van der Waals surface area contributed by atoms with Crippen molar-refractivity contribution < 1.29 is 121 Å². The monoisotopic (exact) mass is 1510 g/mol. The summed E-state index contributed by atoms with van der Waals surface area (Å²) >= 11 is 0. The van der Waals surface area contributed by atoms with Crippen LogP contribution in [0.15, 0.2) is 47.5 Å². The highest BCUT2D eigenvalue weighted by Gasteiger charge is 2.57. The van der Waals surface area contributed by atoms with Gasteiger partial charge in [0.05, 0.1) is 83.2 Å². The molecule has 107 heavy (non-hydrogen) atoms. The lowest BCUT2D eigenvalue weighted by Gasteiger charge is -2.48. The normalized spacial score (nSPS) is 40.7. The molecular weight excluding hydrogens is 1390 g/mol. The number of aliphatic hydroxyl groups excluding tert-OH is 4. The molecule has 1 aromatic rings. The Balaban J connectivity index is 1.08. The van der Waals surface area contributed by atoms with Gasteiger partial charge in [0.1, 0.15) is 58.2 Å². The maximum absolute atomic E-state index is 15.6. The van der Waals surface area contributed by atoms with E-state index in [-0.39, 0.29) is 85.9 Å². The van der Waals surface area contributed by atoms with Gasteiger partial charge in [-0.3, -0.25) is 33.6 Å². The molecule has 1 aromatic carbocycles. The Morgan fingerprint density at radius 3 is 2.09 bits per heavy atom. The van der Waals surface area contributed by atoms with Gasteiger partial charge in [0.15, 0.2) is 18.7 Å². The van der Waals surface area contributed by atoms with Crippen LogP contribution >= 0.6 is 0 Å². The van der Waals surface area contributed by atoms with Crippen LogP contribution in [0.2, 0.25) is 0 Å². The number of esters is 2. The molecule has 0 aromatic heterocycles. The number of phenolic OH excluding ortho intramolecular Hbond substituents is 1. The molecule has 4 saturated heterocycles. The number of amides is 2. The Morgan fingerprint density at radius 2 is 1.47 bits per heavy atom. The van der Waals surface area contributed by atoms with Gasteiger partial charge >= 0.3 is 23.8 Å². The highest BCUT2D eigenvalue weighted by Crippen LogP contribution is 2.50. The third-order valence-corrected chi connectivity index (χ3v) is 23.4. The number of nitrogens with zero attached hydrogens (tertiary/aromatic N) is 2. The Labute approximate surface area is 627 Å². The number of hydrogen-bond donors (Lipinski definition) is 8. The number of rotatable bonds is 12. The van der Waals surface area contributed by atoms with Gasteiger partial charge in [-0.05, 0) is 114 Å². The fraction of sp³-hybridized carbons (Fsp3) is 0.718. The predicted molar refractivity (Wildman–Crippen MR) is 386 cm³/mol. The first-order chi connectivity index (χ1) is 49.9. The second kappa shape index (κ2) is 34.3. The zero-order valence-electron chi connectivity index (χ0n) is 65.8. The van der Waals surface area contributed by atoms with Crippen molar-refractivity contribution in [3.8, 4) is 11.5 Å². The fourth-order valence-corrected chi connectivity index (χ4v) is 16.3. The zero-order chi connectivity index (χ0) is 79.8. The first kappa shape index (κ1) is 85.9. The van der Waals surface area contributed by atoms with Crippen LogP contribution in [-0.4, -0.2) is 243 Å². The topological polar surface area (TPSA) is 390 Å². The number of alkyl carbamates (subject to hydrolysis) is 1. The quantitative estimate of drug-likeness (QED) is 0.0834. The minimum absolute atomic E-state index is 0.00635. The number of fused-ring (bicyclic) bond motifs is 14. The number of nitrogens with one attached hydrogen (secondary N) is 2. The molecule has 0 radical (unpaired) electrons. The number of likely N-dealkylation sites (tertiary alicyclic amines) is 1. The van der Waals surface area contributed by atoms with E-state index in [1.165, 1.54) is 79.1 Å². The maximum atomic E-state index is 15.6. The first-order valence-electron chi connectivity index (χ1n) is 37.3. The summed E-state index contributed by atoms with van der Waals surface area (Å²) in [4.78, 5) is 119. The second-order valence-electron chi connectivity index (χ2n) is 31.8. The third kappa shape index (κ3) is 17.9. The third-order valence-electron chi connectivity index (χ3n) is 23.4. The van der Waals surface area contributed by atoms with E-state index >= 15 is 9.59 Å². The van der Waals surface area contributed by atoms with E-state index in [4.69, 9.17) is 52.1 Å². The van der Waals surface area contributed by atoms with E-state index in [9.17, 15) is 59.4 Å². The predicted octanol–water partition coefficient (Wildman–Crippen LogP) is 6.35. The molecule has 7 heterocycles. The number of allylic oxidation sites excluding steroid dienone is 5. The van der Waals surface area contributed by atoms with E-state index in [0.29, 0.717) is 6.42 Å². The van der Waals surface area contributed by atoms with Crippen molar-refractivity contribution in [3.05, 3.63) is 69.8 Å². The molecule has 0 spiro atoms. The van der Waals surface area contributed by atoms with Crippen LogP contribution in [0.3, 0.4) is 0 Å². The molecule has 7 aliphatic heterocycles. The Hall–Kier alpha value is -6.74. The van der Waals surface area contributed by atoms with Gasteiger partial charge in [-0.25, -0.2) is 4.79 Å². The molecule has 4 fully saturated rings. The van der Waals surface area contributed by atoms with Gasteiger partial charge in [-0.1, -0.05) is 66.7 Å². The number of aliphatic hydroxyl groups is 5. The number of methoxy groups -OCH3 is 2. The Bertz CT molecular complexity index is 3610. The van der Waals surface area contributed by atoms with Crippen molar-refractivity contribution >= 4 is 47.1 Å². The van der Waals surface area contributed by atoms with E-state index in [2.05, 4.69) is 10.6 Å². The molecule has 8 N–H and O–H groups in total.